The zero-order chi connectivity index (χ0) is 25.3. The molecule has 35 heavy (non-hydrogen) atoms. The third kappa shape index (κ3) is 4.46. The first-order valence-corrected chi connectivity index (χ1v) is 12.0. The minimum Gasteiger partial charge on any atom is -0.504 e. The Hall–Kier alpha value is -3.85. The van der Waals surface area contributed by atoms with Crippen molar-refractivity contribution in [2.45, 2.75) is 33.7 Å². The number of aliphatic hydroxyl groups excluding tert-OH is 1. The number of aliphatic hydroxyl groups is 1. The van der Waals surface area contributed by atoms with Gasteiger partial charge in [-0.05, 0) is 69.7 Å². The molecule has 0 aliphatic carbocycles. The highest BCUT2D eigenvalue weighted by molar-refractivity contribution is 7.14. The lowest BCUT2D eigenvalue weighted by atomic mass is 9.94. The number of ether oxygens (including phenoxy) is 2. The number of phenols is 1. The van der Waals surface area contributed by atoms with Gasteiger partial charge in [-0.3, -0.25) is 14.5 Å². The van der Waals surface area contributed by atoms with Gasteiger partial charge < -0.3 is 19.7 Å². The molecular formula is C26H26N2O6S. The first-order chi connectivity index (χ1) is 16.8. The minimum absolute atomic E-state index is 0.0521. The van der Waals surface area contributed by atoms with Crippen molar-refractivity contribution in [3.05, 3.63) is 74.9 Å². The maximum Gasteiger partial charge on any atom is 0.294 e. The molecule has 182 valence electrons. The van der Waals surface area contributed by atoms with E-state index in [0.717, 1.165) is 0 Å². The van der Waals surface area contributed by atoms with Gasteiger partial charge in [0, 0.05) is 5.69 Å². The van der Waals surface area contributed by atoms with Crippen molar-refractivity contribution >= 4 is 28.7 Å². The zero-order valence-electron chi connectivity index (χ0n) is 19.9. The number of hydrogen-bond donors (Lipinski definition) is 2. The van der Waals surface area contributed by atoms with Crippen LogP contribution in [0.15, 0.2) is 53.8 Å². The van der Waals surface area contributed by atoms with E-state index in [0.29, 0.717) is 45.8 Å². The summed E-state index contributed by atoms with van der Waals surface area (Å²) in [7, 11) is 0. The molecule has 2 aromatic carbocycles. The summed E-state index contributed by atoms with van der Waals surface area (Å²) in [5.74, 6) is -1.01. The smallest absolute Gasteiger partial charge is 0.294 e. The normalized spacial score (nSPS) is 15.6. The molecule has 1 aliphatic heterocycles. The minimum atomic E-state index is -0.949. The number of benzene rings is 2. The molecule has 1 unspecified atom stereocenters. The number of carbonyl (C=O) groups is 2. The number of Topliss-reactive ketones (excluding diaryl/α,β-unsaturated/α-hetero) is 1. The molecule has 1 atom stereocenters. The van der Waals surface area contributed by atoms with Crippen LogP contribution in [0.5, 0.6) is 17.2 Å². The Kier molecular flexibility index (Phi) is 6.79. The average molecular weight is 495 g/mol. The van der Waals surface area contributed by atoms with Crippen molar-refractivity contribution in [1.82, 2.24) is 4.98 Å². The summed E-state index contributed by atoms with van der Waals surface area (Å²) in [6.07, 6.45) is 0. The van der Waals surface area contributed by atoms with E-state index >= 15 is 0 Å². The Morgan fingerprint density at radius 2 is 1.74 bits per heavy atom. The maximum absolute atomic E-state index is 13.7. The highest BCUT2D eigenvalue weighted by Gasteiger charge is 2.45. The van der Waals surface area contributed by atoms with Gasteiger partial charge in [-0.1, -0.05) is 6.07 Å². The summed E-state index contributed by atoms with van der Waals surface area (Å²) in [4.78, 5) is 33.1. The molecule has 0 saturated carbocycles. The van der Waals surface area contributed by atoms with Gasteiger partial charge in [0.2, 0.25) is 5.78 Å². The van der Waals surface area contributed by atoms with Crippen molar-refractivity contribution in [3.8, 4) is 17.2 Å². The van der Waals surface area contributed by atoms with Crippen LogP contribution in [0.25, 0.3) is 0 Å². The van der Waals surface area contributed by atoms with Crippen molar-refractivity contribution in [3.63, 3.8) is 0 Å². The predicted octanol–water partition coefficient (Wildman–Crippen LogP) is 5.05. The lowest BCUT2D eigenvalue weighted by Gasteiger charge is -2.27. The van der Waals surface area contributed by atoms with E-state index in [1.54, 1.807) is 57.2 Å². The van der Waals surface area contributed by atoms with Gasteiger partial charge in [0.1, 0.15) is 5.75 Å². The Morgan fingerprint density at radius 3 is 2.34 bits per heavy atom. The number of hydrogen-bond acceptors (Lipinski definition) is 8. The zero-order valence-corrected chi connectivity index (χ0v) is 20.7. The number of ketones is 1. The van der Waals surface area contributed by atoms with Crippen LogP contribution >= 0.6 is 11.3 Å². The molecule has 2 heterocycles. The summed E-state index contributed by atoms with van der Waals surface area (Å²) >= 11 is 1.21. The van der Waals surface area contributed by atoms with E-state index in [1.807, 2.05) is 6.92 Å². The number of aromatic hydroxyl groups is 1. The molecular weight excluding hydrogens is 468 g/mol. The van der Waals surface area contributed by atoms with Crippen LogP contribution in [0.2, 0.25) is 0 Å². The summed E-state index contributed by atoms with van der Waals surface area (Å²) < 4.78 is 11.0. The molecule has 1 aromatic heterocycles. The van der Waals surface area contributed by atoms with Crippen LogP contribution in [0.1, 0.15) is 45.8 Å². The van der Waals surface area contributed by atoms with Gasteiger partial charge in [-0.2, -0.15) is 0 Å². The lowest BCUT2D eigenvalue weighted by molar-refractivity contribution is -0.117. The number of phenolic OH excluding ortho intramolecular Hbond substituents is 1. The van der Waals surface area contributed by atoms with E-state index in [4.69, 9.17) is 9.47 Å². The highest BCUT2D eigenvalue weighted by Crippen LogP contribution is 2.44. The van der Waals surface area contributed by atoms with Crippen LogP contribution in [-0.2, 0) is 4.79 Å². The van der Waals surface area contributed by atoms with Crippen molar-refractivity contribution in [1.29, 1.82) is 0 Å². The Labute approximate surface area is 207 Å². The molecule has 4 rings (SSSR count). The number of rotatable bonds is 8. The van der Waals surface area contributed by atoms with Crippen molar-refractivity contribution in [2.24, 2.45) is 0 Å². The molecule has 8 nitrogen and oxygen atoms in total. The standard InChI is InChI=1S/C26H26N2O6S/c1-5-33-18-10-8-17(9-11-18)28-22(16-7-12-19(29)20(13-16)34-6-2)21(24(31)26(28)32)23(30)25-14(3)27-15(4)35-25/h7-13,22,29,31H,5-6H2,1-4H3. The van der Waals surface area contributed by atoms with Crippen LogP contribution in [0, 0.1) is 13.8 Å². The molecule has 2 N–H and O–H groups in total. The van der Waals surface area contributed by atoms with Gasteiger partial charge in [0.15, 0.2) is 17.3 Å². The first kappa shape index (κ1) is 24.3. The molecule has 0 bridgehead atoms. The van der Waals surface area contributed by atoms with Gasteiger partial charge in [0.05, 0.1) is 40.4 Å². The van der Waals surface area contributed by atoms with Gasteiger partial charge in [0.25, 0.3) is 5.91 Å². The summed E-state index contributed by atoms with van der Waals surface area (Å²) in [6.45, 7) is 7.98. The molecule has 0 radical (unpaired) electrons. The van der Waals surface area contributed by atoms with Crippen molar-refractivity contribution in [2.75, 3.05) is 18.1 Å². The number of aromatic nitrogens is 1. The summed E-state index contributed by atoms with van der Waals surface area (Å²) in [5, 5.41) is 21.9. The lowest BCUT2D eigenvalue weighted by Crippen LogP contribution is -2.31. The third-order valence-corrected chi connectivity index (χ3v) is 6.66. The van der Waals surface area contributed by atoms with Crippen molar-refractivity contribution < 1.29 is 29.3 Å². The van der Waals surface area contributed by atoms with E-state index in [2.05, 4.69) is 4.98 Å². The Morgan fingerprint density at radius 1 is 1.06 bits per heavy atom. The fourth-order valence-electron chi connectivity index (χ4n) is 4.12. The summed E-state index contributed by atoms with van der Waals surface area (Å²) in [5.41, 5.74) is 1.45. The molecule has 1 amide bonds. The monoisotopic (exact) mass is 494 g/mol. The Bertz CT molecular complexity index is 1310. The van der Waals surface area contributed by atoms with Gasteiger partial charge in [-0.15, -0.1) is 11.3 Å². The first-order valence-electron chi connectivity index (χ1n) is 11.2. The molecule has 0 fully saturated rings. The van der Waals surface area contributed by atoms with E-state index < -0.39 is 23.5 Å². The third-order valence-electron chi connectivity index (χ3n) is 5.59. The van der Waals surface area contributed by atoms with E-state index in [9.17, 15) is 19.8 Å². The van der Waals surface area contributed by atoms with Gasteiger partial charge in [-0.25, -0.2) is 4.98 Å². The van der Waals surface area contributed by atoms with Crippen LogP contribution < -0.4 is 14.4 Å². The molecule has 1 aliphatic rings. The number of carbonyl (C=O) groups excluding carboxylic acids is 2. The average Bonchev–Trinajstić information content (AvgIpc) is 3.31. The Balaban J connectivity index is 1.87. The topological polar surface area (TPSA) is 109 Å². The van der Waals surface area contributed by atoms with Crippen LogP contribution in [0.3, 0.4) is 0 Å². The number of thiazole rings is 1. The molecule has 0 spiro atoms. The van der Waals surface area contributed by atoms with Gasteiger partial charge >= 0.3 is 0 Å². The second kappa shape index (κ2) is 9.79. The number of amides is 1. The SMILES string of the molecule is CCOc1ccc(N2C(=O)C(O)=C(C(=O)c3sc(C)nc3C)C2c2ccc(O)c(OCC)c2)cc1. The fourth-order valence-corrected chi connectivity index (χ4v) is 5.00. The quantitative estimate of drug-likeness (QED) is 0.422. The number of nitrogens with zero attached hydrogens (tertiary/aromatic N) is 2. The predicted molar refractivity (Wildman–Crippen MR) is 133 cm³/mol. The summed E-state index contributed by atoms with van der Waals surface area (Å²) in [6, 6.07) is 10.5. The highest BCUT2D eigenvalue weighted by atomic mass is 32.1. The fraction of sp³-hybridized carbons (Fsp3) is 0.269. The molecule has 0 saturated heterocycles. The maximum atomic E-state index is 13.7. The second-order valence-corrected chi connectivity index (χ2v) is 9.11. The van der Waals surface area contributed by atoms with E-state index in [-0.39, 0.29) is 17.1 Å². The number of anilines is 1. The molecule has 3 aromatic rings. The molecule has 9 heteroatoms. The van der Waals surface area contributed by atoms with E-state index in [1.165, 1.54) is 22.3 Å². The van der Waals surface area contributed by atoms with Crippen LogP contribution in [-0.4, -0.2) is 40.1 Å². The van der Waals surface area contributed by atoms with Crippen LogP contribution in [0.4, 0.5) is 5.69 Å². The largest absolute Gasteiger partial charge is 0.504 e. The second-order valence-electron chi connectivity index (χ2n) is 7.90. The number of aryl methyl sites for hydroxylation is 2.